The van der Waals surface area contributed by atoms with Crippen LogP contribution < -0.4 is 4.90 Å². The summed E-state index contributed by atoms with van der Waals surface area (Å²) >= 11 is 16.0. The molecule has 6 heteroatoms. The zero-order valence-corrected chi connectivity index (χ0v) is 8.97. The molecule has 0 aliphatic carbocycles. The molecule has 1 rings (SSSR count). The molecule has 0 saturated carbocycles. The summed E-state index contributed by atoms with van der Waals surface area (Å²) in [7, 11) is 0. The van der Waals surface area contributed by atoms with E-state index in [-0.39, 0.29) is 5.69 Å². The fraction of sp³-hybridized carbons (Fsp3) is 0. The number of anilines is 1. The van der Waals surface area contributed by atoms with Crippen LogP contribution in [0.25, 0.3) is 0 Å². The van der Waals surface area contributed by atoms with Gasteiger partial charge in [0.15, 0.2) is 0 Å². The molecule has 0 aromatic heterocycles. The second-order valence-electron chi connectivity index (χ2n) is 2.32. The van der Waals surface area contributed by atoms with Gasteiger partial charge in [0.05, 0.1) is 5.69 Å². The molecule has 0 saturated heterocycles. The monoisotopic (exact) mass is 251 g/mol. The van der Waals surface area contributed by atoms with Crippen LogP contribution in [-0.4, -0.2) is 10.7 Å². The number of hydrogen-bond acceptors (Lipinski definition) is 2. The van der Waals surface area contributed by atoms with Gasteiger partial charge in [-0.25, -0.2) is 4.90 Å². The van der Waals surface area contributed by atoms with Crippen molar-refractivity contribution < 1.29 is 9.59 Å². The van der Waals surface area contributed by atoms with Crippen LogP contribution in [0.4, 0.5) is 15.3 Å². The lowest BCUT2D eigenvalue weighted by Gasteiger charge is -2.13. The molecule has 14 heavy (non-hydrogen) atoms. The van der Waals surface area contributed by atoms with Crippen LogP contribution in [0.3, 0.4) is 0 Å². The summed E-state index contributed by atoms with van der Waals surface area (Å²) in [6.07, 6.45) is 0. The van der Waals surface area contributed by atoms with Gasteiger partial charge in [0, 0.05) is 5.02 Å². The maximum atomic E-state index is 10.8. The standard InChI is InChI=1S/C8H4Cl3NO2/c9-5-2-1-3-6(4-5)12(7(10)13)8(11)14/h1-4H. The first-order valence-corrected chi connectivity index (χ1v) is 4.60. The molecule has 2 amide bonds. The largest absolute Gasteiger partial charge is 0.328 e. The van der Waals surface area contributed by atoms with Crippen molar-refractivity contribution in [2.24, 2.45) is 0 Å². The first-order chi connectivity index (χ1) is 6.52. The average molecular weight is 252 g/mol. The minimum Gasteiger partial charge on any atom is -0.254 e. The van der Waals surface area contributed by atoms with E-state index in [0.29, 0.717) is 9.92 Å². The Balaban J connectivity index is 3.12. The van der Waals surface area contributed by atoms with Crippen LogP contribution >= 0.6 is 34.8 Å². The van der Waals surface area contributed by atoms with Crippen LogP contribution in [0.15, 0.2) is 24.3 Å². The number of carbonyl (C=O) groups excluding carboxylic acids is 2. The third-order valence-electron chi connectivity index (χ3n) is 1.42. The van der Waals surface area contributed by atoms with E-state index in [1.165, 1.54) is 12.1 Å². The Morgan fingerprint density at radius 1 is 1.14 bits per heavy atom. The molecule has 0 aliphatic heterocycles. The molecule has 1 aromatic rings. The summed E-state index contributed by atoms with van der Waals surface area (Å²) < 4.78 is 0. The molecule has 74 valence electrons. The molecular weight excluding hydrogens is 248 g/mol. The van der Waals surface area contributed by atoms with Crippen molar-refractivity contribution in [2.75, 3.05) is 4.90 Å². The molecule has 0 heterocycles. The van der Waals surface area contributed by atoms with Gasteiger partial charge in [-0.1, -0.05) is 17.7 Å². The Hall–Kier alpha value is -0.770. The number of halogens is 3. The number of carbonyl (C=O) groups is 2. The maximum absolute atomic E-state index is 10.8. The summed E-state index contributed by atoms with van der Waals surface area (Å²) in [6, 6.07) is 6.07. The zero-order valence-electron chi connectivity index (χ0n) is 6.71. The summed E-state index contributed by atoms with van der Waals surface area (Å²) in [6.45, 7) is 0. The van der Waals surface area contributed by atoms with Crippen LogP contribution in [-0.2, 0) is 0 Å². The van der Waals surface area contributed by atoms with Crippen molar-refractivity contribution in [3.05, 3.63) is 29.3 Å². The van der Waals surface area contributed by atoms with Crippen LogP contribution in [0.1, 0.15) is 0 Å². The second-order valence-corrected chi connectivity index (χ2v) is 3.40. The van der Waals surface area contributed by atoms with E-state index in [4.69, 9.17) is 34.8 Å². The predicted molar refractivity (Wildman–Crippen MR) is 56.4 cm³/mol. The minimum absolute atomic E-state index is 0.234. The molecule has 0 aliphatic rings. The average Bonchev–Trinajstić information content (AvgIpc) is 2.02. The van der Waals surface area contributed by atoms with Gasteiger partial charge in [0.25, 0.3) is 0 Å². The van der Waals surface area contributed by atoms with Crippen molar-refractivity contribution in [1.82, 2.24) is 0 Å². The van der Waals surface area contributed by atoms with E-state index in [0.717, 1.165) is 0 Å². The predicted octanol–water partition coefficient (Wildman–Crippen LogP) is 3.86. The van der Waals surface area contributed by atoms with Gasteiger partial charge in [0.1, 0.15) is 0 Å². The Bertz CT molecular complexity index is 367. The topological polar surface area (TPSA) is 37.4 Å². The summed E-state index contributed by atoms with van der Waals surface area (Å²) in [5, 5.41) is -1.58. The third-order valence-corrected chi connectivity index (χ3v) is 1.99. The van der Waals surface area contributed by atoms with E-state index < -0.39 is 10.7 Å². The molecule has 0 N–H and O–H groups in total. The molecule has 1 aromatic carbocycles. The van der Waals surface area contributed by atoms with E-state index in [9.17, 15) is 9.59 Å². The number of amides is 2. The van der Waals surface area contributed by atoms with Crippen LogP contribution in [0, 0.1) is 0 Å². The summed E-state index contributed by atoms with van der Waals surface area (Å²) in [5.41, 5.74) is 0.234. The van der Waals surface area contributed by atoms with E-state index in [1.54, 1.807) is 12.1 Å². The van der Waals surface area contributed by atoms with Crippen molar-refractivity contribution in [3.8, 4) is 0 Å². The first-order valence-electron chi connectivity index (χ1n) is 3.47. The Kier molecular flexibility index (Phi) is 3.75. The highest BCUT2D eigenvalue weighted by molar-refractivity contribution is 6.76. The summed E-state index contributed by atoms with van der Waals surface area (Å²) in [4.78, 5) is 22.3. The molecule has 0 bridgehead atoms. The number of benzene rings is 1. The van der Waals surface area contributed by atoms with Gasteiger partial charge >= 0.3 is 10.7 Å². The normalized spacial score (nSPS) is 9.64. The molecule has 0 unspecified atom stereocenters. The number of hydrogen-bond donors (Lipinski definition) is 0. The third kappa shape index (κ3) is 2.61. The van der Waals surface area contributed by atoms with Crippen molar-refractivity contribution in [2.45, 2.75) is 0 Å². The lowest BCUT2D eigenvalue weighted by Crippen LogP contribution is -2.28. The fourth-order valence-corrected chi connectivity index (χ4v) is 1.46. The van der Waals surface area contributed by atoms with Gasteiger partial charge in [-0.05, 0) is 41.4 Å². The van der Waals surface area contributed by atoms with Crippen molar-refractivity contribution in [1.29, 1.82) is 0 Å². The van der Waals surface area contributed by atoms with Gasteiger partial charge < -0.3 is 0 Å². The zero-order chi connectivity index (χ0) is 10.7. The van der Waals surface area contributed by atoms with Gasteiger partial charge in [-0.3, -0.25) is 9.59 Å². The highest BCUT2D eigenvalue weighted by Crippen LogP contribution is 2.22. The molecule has 0 radical (unpaired) electrons. The second kappa shape index (κ2) is 4.64. The Labute approximate surface area is 95.2 Å². The SMILES string of the molecule is O=C(Cl)N(C(=O)Cl)c1cccc(Cl)c1. The molecule has 0 fully saturated rings. The van der Waals surface area contributed by atoms with Gasteiger partial charge in [-0.2, -0.15) is 0 Å². The van der Waals surface area contributed by atoms with E-state index in [1.807, 2.05) is 0 Å². The molecule has 3 nitrogen and oxygen atoms in total. The maximum Gasteiger partial charge on any atom is 0.328 e. The number of imide groups is 1. The highest BCUT2D eigenvalue weighted by atomic mass is 35.5. The Morgan fingerprint density at radius 3 is 2.14 bits per heavy atom. The van der Waals surface area contributed by atoms with Gasteiger partial charge in [-0.15, -0.1) is 0 Å². The fourth-order valence-electron chi connectivity index (χ4n) is 0.887. The lowest BCUT2D eigenvalue weighted by atomic mass is 10.3. The lowest BCUT2D eigenvalue weighted by molar-refractivity contribution is 0.255. The highest BCUT2D eigenvalue weighted by Gasteiger charge is 2.19. The number of rotatable bonds is 1. The molecule has 0 atom stereocenters. The summed E-state index contributed by atoms with van der Waals surface area (Å²) in [5.74, 6) is 0. The quantitative estimate of drug-likeness (QED) is 0.562. The first kappa shape index (κ1) is 11.3. The van der Waals surface area contributed by atoms with Crippen molar-refractivity contribution in [3.63, 3.8) is 0 Å². The van der Waals surface area contributed by atoms with E-state index in [2.05, 4.69) is 0 Å². The van der Waals surface area contributed by atoms with E-state index >= 15 is 0 Å². The minimum atomic E-state index is -0.979. The van der Waals surface area contributed by atoms with Crippen LogP contribution in [0.5, 0.6) is 0 Å². The smallest absolute Gasteiger partial charge is 0.254 e. The van der Waals surface area contributed by atoms with Crippen LogP contribution in [0.2, 0.25) is 5.02 Å². The van der Waals surface area contributed by atoms with Gasteiger partial charge in [0.2, 0.25) is 0 Å². The molecular formula is C8H4Cl3NO2. The number of nitrogens with zero attached hydrogens (tertiary/aromatic N) is 1. The van der Waals surface area contributed by atoms with Crippen molar-refractivity contribution >= 4 is 51.2 Å². The Morgan fingerprint density at radius 2 is 1.71 bits per heavy atom. The molecule has 0 spiro atoms.